The van der Waals surface area contributed by atoms with Gasteiger partial charge in [0, 0.05) is 37.4 Å². The Balaban J connectivity index is 1.53. The molecule has 2 atom stereocenters. The first-order valence-corrected chi connectivity index (χ1v) is 8.14. The second-order valence-electron chi connectivity index (χ2n) is 7.16. The van der Waals surface area contributed by atoms with Crippen molar-refractivity contribution in [2.45, 2.75) is 50.7 Å². The van der Waals surface area contributed by atoms with Gasteiger partial charge in [-0.15, -0.1) is 0 Å². The van der Waals surface area contributed by atoms with E-state index < -0.39 is 0 Å². The topological polar surface area (TPSA) is 28.2 Å². The minimum absolute atomic E-state index is 0.336. The Labute approximate surface area is 121 Å². The SMILES string of the molecule is CC1(C2CC2)CNC(C2CC2)CN1Cc1ccccn1. The standard InChI is InChI=1S/C17H25N3/c1-17(14-7-8-14)12-19-16(13-5-6-13)11-20(17)10-15-4-2-3-9-18-15/h2-4,9,13-14,16,19H,5-8,10-12H2,1H3. The molecule has 3 nitrogen and oxygen atoms in total. The van der Waals surface area contributed by atoms with Gasteiger partial charge in [-0.2, -0.15) is 0 Å². The Bertz CT molecular complexity index is 466. The summed E-state index contributed by atoms with van der Waals surface area (Å²) in [5, 5.41) is 3.85. The van der Waals surface area contributed by atoms with Crippen LogP contribution in [0.4, 0.5) is 0 Å². The van der Waals surface area contributed by atoms with E-state index in [1.807, 2.05) is 12.3 Å². The molecule has 1 aromatic rings. The first kappa shape index (κ1) is 12.8. The van der Waals surface area contributed by atoms with Crippen LogP contribution in [0, 0.1) is 11.8 Å². The first-order valence-electron chi connectivity index (χ1n) is 8.14. The molecule has 1 aromatic heterocycles. The smallest absolute Gasteiger partial charge is 0.0544 e. The van der Waals surface area contributed by atoms with Crippen LogP contribution in [0.3, 0.4) is 0 Å². The van der Waals surface area contributed by atoms with Crippen molar-refractivity contribution in [2.75, 3.05) is 13.1 Å². The third kappa shape index (κ3) is 2.38. The average Bonchev–Trinajstić information content (AvgIpc) is 3.33. The van der Waals surface area contributed by atoms with Crippen LogP contribution in [0.1, 0.15) is 38.3 Å². The number of hydrogen-bond acceptors (Lipinski definition) is 3. The number of nitrogens with one attached hydrogen (secondary N) is 1. The van der Waals surface area contributed by atoms with Crippen molar-refractivity contribution in [3.05, 3.63) is 30.1 Å². The zero-order valence-electron chi connectivity index (χ0n) is 12.4. The first-order chi connectivity index (χ1) is 9.75. The number of pyridine rings is 1. The highest BCUT2D eigenvalue weighted by Crippen LogP contribution is 2.46. The van der Waals surface area contributed by atoms with Crippen LogP contribution in [0.2, 0.25) is 0 Å². The average molecular weight is 271 g/mol. The molecule has 2 saturated carbocycles. The molecular weight excluding hydrogens is 246 g/mol. The molecule has 4 rings (SSSR count). The largest absolute Gasteiger partial charge is 0.311 e. The molecule has 2 aliphatic carbocycles. The summed E-state index contributed by atoms with van der Waals surface area (Å²) in [6, 6.07) is 7.00. The van der Waals surface area contributed by atoms with Crippen LogP contribution in [0.15, 0.2) is 24.4 Å². The molecule has 2 heterocycles. The highest BCUT2D eigenvalue weighted by atomic mass is 15.3. The summed E-state index contributed by atoms with van der Waals surface area (Å²) in [6.45, 7) is 5.84. The maximum atomic E-state index is 4.54. The van der Waals surface area contributed by atoms with E-state index in [0.29, 0.717) is 11.6 Å². The highest BCUT2D eigenvalue weighted by molar-refractivity contribution is 5.10. The van der Waals surface area contributed by atoms with Crippen LogP contribution in [0.25, 0.3) is 0 Å². The van der Waals surface area contributed by atoms with E-state index in [9.17, 15) is 0 Å². The number of piperazine rings is 1. The lowest BCUT2D eigenvalue weighted by molar-refractivity contribution is 0.0225. The molecule has 108 valence electrons. The molecule has 2 unspecified atom stereocenters. The zero-order valence-corrected chi connectivity index (χ0v) is 12.4. The van der Waals surface area contributed by atoms with E-state index in [-0.39, 0.29) is 0 Å². The lowest BCUT2D eigenvalue weighted by Crippen LogP contribution is -2.64. The summed E-state index contributed by atoms with van der Waals surface area (Å²) in [5.41, 5.74) is 1.55. The molecule has 1 saturated heterocycles. The van der Waals surface area contributed by atoms with Crippen LogP contribution in [-0.2, 0) is 6.54 Å². The molecule has 0 radical (unpaired) electrons. The fraction of sp³-hybridized carbons (Fsp3) is 0.706. The van der Waals surface area contributed by atoms with Gasteiger partial charge in [0.15, 0.2) is 0 Å². The van der Waals surface area contributed by atoms with Crippen LogP contribution >= 0.6 is 0 Å². The summed E-state index contributed by atoms with van der Waals surface area (Å²) in [6.07, 6.45) is 7.59. The molecule has 3 heteroatoms. The van der Waals surface area contributed by atoms with Crippen molar-refractivity contribution in [3.8, 4) is 0 Å². The van der Waals surface area contributed by atoms with Gasteiger partial charge in [0.1, 0.15) is 0 Å². The highest BCUT2D eigenvalue weighted by Gasteiger charge is 2.50. The van der Waals surface area contributed by atoms with Crippen molar-refractivity contribution >= 4 is 0 Å². The Morgan fingerprint density at radius 3 is 2.80 bits per heavy atom. The predicted molar refractivity (Wildman–Crippen MR) is 80.3 cm³/mol. The van der Waals surface area contributed by atoms with E-state index in [2.05, 4.69) is 34.3 Å². The van der Waals surface area contributed by atoms with Gasteiger partial charge in [-0.05, 0) is 56.6 Å². The quantitative estimate of drug-likeness (QED) is 0.911. The summed E-state index contributed by atoms with van der Waals surface area (Å²) in [5.74, 6) is 1.82. The fourth-order valence-electron chi connectivity index (χ4n) is 3.81. The van der Waals surface area contributed by atoms with E-state index >= 15 is 0 Å². The maximum Gasteiger partial charge on any atom is 0.0544 e. The van der Waals surface area contributed by atoms with Gasteiger partial charge >= 0.3 is 0 Å². The Morgan fingerprint density at radius 1 is 1.30 bits per heavy atom. The Kier molecular flexibility index (Phi) is 3.08. The van der Waals surface area contributed by atoms with Gasteiger partial charge in [-0.1, -0.05) is 6.07 Å². The van der Waals surface area contributed by atoms with Gasteiger partial charge in [0.25, 0.3) is 0 Å². The second kappa shape index (κ2) is 4.81. The second-order valence-corrected chi connectivity index (χ2v) is 7.16. The summed E-state index contributed by atoms with van der Waals surface area (Å²) >= 11 is 0. The van der Waals surface area contributed by atoms with Crippen LogP contribution in [0.5, 0.6) is 0 Å². The molecule has 1 N–H and O–H groups in total. The molecule has 0 aromatic carbocycles. The Hall–Kier alpha value is -0.930. The van der Waals surface area contributed by atoms with Crippen molar-refractivity contribution in [2.24, 2.45) is 11.8 Å². The van der Waals surface area contributed by atoms with Crippen molar-refractivity contribution in [1.29, 1.82) is 0 Å². The van der Waals surface area contributed by atoms with E-state index in [1.165, 1.54) is 37.9 Å². The van der Waals surface area contributed by atoms with E-state index in [0.717, 1.165) is 24.9 Å². The molecule has 0 bridgehead atoms. The van der Waals surface area contributed by atoms with Crippen molar-refractivity contribution in [1.82, 2.24) is 15.2 Å². The molecular formula is C17H25N3. The molecule has 0 amide bonds. The molecule has 3 fully saturated rings. The Morgan fingerprint density at radius 2 is 2.15 bits per heavy atom. The monoisotopic (exact) mass is 271 g/mol. The minimum atomic E-state index is 0.336. The number of rotatable bonds is 4. The lowest BCUT2D eigenvalue weighted by atomic mass is 9.88. The number of hydrogen-bond donors (Lipinski definition) is 1. The number of aromatic nitrogens is 1. The maximum absolute atomic E-state index is 4.54. The fourth-order valence-corrected chi connectivity index (χ4v) is 3.81. The number of nitrogens with zero attached hydrogens (tertiary/aromatic N) is 2. The van der Waals surface area contributed by atoms with E-state index in [4.69, 9.17) is 0 Å². The normalized spacial score (nSPS) is 35.1. The van der Waals surface area contributed by atoms with Crippen molar-refractivity contribution < 1.29 is 0 Å². The lowest BCUT2D eigenvalue weighted by Gasteiger charge is -2.49. The molecule has 0 spiro atoms. The van der Waals surface area contributed by atoms with Gasteiger partial charge in [-0.25, -0.2) is 0 Å². The molecule has 3 aliphatic rings. The summed E-state index contributed by atoms with van der Waals surface area (Å²) in [4.78, 5) is 7.27. The molecule has 1 aliphatic heterocycles. The summed E-state index contributed by atoms with van der Waals surface area (Å²) in [7, 11) is 0. The van der Waals surface area contributed by atoms with Gasteiger partial charge in [0.2, 0.25) is 0 Å². The van der Waals surface area contributed by atoms with Crippen LogP contribution in [-0.4, -0.2) is 34.6 Å². The van der Waals surface area contributed by atoms with Gasteiger partial charge < -0.3 is 5.32 Å². The minimum Gasteiger partial charge on any atom is -0.311 e. The summed E-state index contributed by atoms with van der Waals surface area (Å²) < 4.78 is 0. The third-order valence-electron chi connectivity index (χ3n) is 5.59. The van der Waals surface area contributed by atoms with Gasteiger partial charge in [-0.3, -0.25) is 9.88 Å². The van der Waals surface area contributed by atoms with Crippen molar-refractivity contribution in [3.63, 3.8) is 0 Å². The van der Waals surface area contributed by atoms with Gasteiger partial charge in [0.05, 0.1) is 5.69 Å². The van der Waals surface area contributed by atoms with E-state index in [1.54, 1.807) is 0 Å². The third-order valence-corrected chi connectivity index (χ3v) is 5.59. The zero-order chi connectivity index (χ0) is 13.6. The predicted octanol–water partition coefficient (Wildman–Crippen LogP) is 2.43. The molecule has 20 heavy (non-hydrogen) atoms. The van der Waals surface area contributed by atoms with Crippen LogP contribution < -0.4 is 5.32 Å².